The van der Waals surface area contributed by atoms with Crippen LogP contribution in [0, 0.1) is 0 Å². The summed E-state index contributed by atoms with van der Waals surface area (Å²) in [7, 11) is -3.55. The molecule has 1 aromatic heterocycles. The Hall–Kier alpha value is -1.57. The predicted molar refractivity (Wildman–Crippen MR) is 47.8 cm³/mol. The molecule has 14 heavy (non-hydrogen) atoms. The molecule has 0 radical (unpaired) electrons. The Labute approximate surface area is 80.0 Å². The number of aromatic nitrogens is 2. The van der Waals surface area contributed by atoms with Gasteiger partial charge in [0.1, 0.15) is 0 Å². The molecule has 1 heterocycles. The minimum atomic E-state index is -3.55. The second kappa shape index (κ2) is 4.61. The van der Waals surface area contributed by atoms with Crippen molar-refractivity contribution < 1.29 is 8.42 Å². The third-order valence-corrected chi connectivity index (χ3v) is 2.72. The number of rotatable bonds is 5. The lowest BCUT2D eigenvalue weighted by Gasteiger charge is -2.00. The zero-order valence-corrected chi connectivity index (χ0v) is 7.90. The van der Waals surface area contributed by atoms with E-state index in [0.717, 1.165) is 0 Å². The van der Waals surface area contributed by atoms with Crippen molar-refractivity contribution in [3.8, 4) is 0 Å². The number of H-pyrrole nitrogens is 1. The van der Waals surface area contributed by atoms with Crippen LogP contribution in [0.2, 0.25) is 0 Å². The Morgan fingerprint density at radius 2 is 2.50 bits per heavy atom. The number of azide groups is 1. The van der Waals surface area contributed by atoms with Crippen LogP contribution in [-0.4, -0.2) is 31.5 Å². The maximum absolute atomic E-state index is 11.3. The minimum Gasteiger partial charge on any atom is -0.335 e. The summed E-state index contributed by atoms with van der Waals surface area (Å²) in [4.78, 5) is 8.52. The van der Waals surface area contributed by atoms with Gasteiger partial charge in [0.05, 0.1) is 12.5 Å². The van der Waals surface area contributed by atoms with Gasteiger partial charge in [0.25, 0.3) is 10.0 Å². The highest BCUT2D eigenvalue weighted by Gasteiger charge is 2.13. The highest BCUT2D eigenvalue weighted by molar-refractivity contribution is 7.89. The number of nitrogens with zero attached hydrogens (tertiary/aromatic N) is 4. The SMILES string of the molecule is [N-]=[N+]=NCCNS(=O)(=O)c1cnc[nH]1. The highest BCUT2D eigenvalue weighted by atomic mass is 32.2. The van der Waals surface area contributed by atoms with E-state index in [9.17, 15) is 8.42 Å². The number of imidazole rings is 1. The number of nitrogens with one attached hydrogen (secondary N) is 2. The van der Waals surface area contributed by atoms with E-state index in [-0.39, 0.29) is 18.1 Å². The van der Waals surface area contributed by atoms with Crippen LogP contribution in [0.4, 0.5) is 0 Å². The van der Waals surface area contributed by atoms with E-state index < -0.39 is 10.0 Å². The fourth-order valence-corrected chi connectivity index (χ4v) is 1.67. The summed E-state index contributed by atoms with van der Waals surface area (Å²) < 4.78 is 24.9. The van der Waals surface area contributed by atoms with Crippen molar-refractivity contribution in [1.29, 1.82) is 0 Å². The Kier molecular flexibility index (Phi) is 3.46. The zero-order valence-electron chi connectivity index (χ0n) is 7.08. The van der Waals surface area contributed by atoms with Crippen LogP contribution in [0.3, 0.4) is 0 Å². The van der Waals surface area contributed by atoms with Crippen molar-refractivity contribution in [3.63, 3.8) is 0 Å². The molecule has 1 rings (SSSR count). The van der Waals surface area contributed by atoms with Crippen LogP contribution in [0.1, 0.15) is 0 Å². The van der Waals surface area contributed by atoms with E-state index in [1.807, 2.05) is 0 Å². The van der Waals surface area contributed by atoms with Crippen LogP contribution < -0.4 is 4.72 Å². The number of sulfonamides is 1. The molecule has 0 amide bonds. The fourth-order valence-electron chi connectivity index (χ4n) is 0.743. The van der Waals surface area contributed by atoms with E-state index in [2.05, 4.69) is 24.7 Å². The second-order valence-electron chi connectivity index (χ2n) is 2.27. The standard InChI is InChI=1S/C5H8N6O2S/c6-11-9-1-2-10-14(12,13)5-3-7-4-8-5/h3-4,10H,1-2H2,(H,7,8). The molecule has 8 nitrogen and oxygen atoms in total. The Morgan fingerprint density at radius 3 is 3.07 bits per heavy atom. The Morgan fingerprint density at radius 1 is 1.71 bits per heavy atom. The Balaban J connectivity index is 2.56. The molecule has 2 N–H and O–H groups in total. The number of hydrogen-bond donors (Lipinski definition) is 2. The lowest BCUT2D eigenvalue weighted by molar-refractivity contribution is 0.579. The van der Waals surface area contributed by atoms with Gasteiger partial charge in [-0.3, -0.25) is 0 Å². The minimum absolute atomic E-state index is 0.0153. The van der Waals surface area contributed by atoms with Crippen molar-refractivity contribution in [3.05, 3.63) is 23.0 Å². The first kappa shape index (κ1) is 10.5. The van der Waals surface area contributed by atoms with Gasteiger partial charge in [-0.2, -0.15) is 0 Å². The van der Waals surface area contributed by atoms with Gasteiger partial charge in [0.15, 0.2) is 5.03 Å². The summed E-state index contributed by atoms with van der Waals surface area (Å²) in [6.07, 6.45) is 2.46. The summed E-state index contributed by atoms with van der Waals surface area (Å²) in [5.74, 6) is 0. The lowest BCUT2D eigenvalue weighted by atomic mass is 10.7. The van der Waals surface area contributed by atoms with Gasteiger partial charge in [-0.05, 0) is 5.53 Å². The molecule has 0 aliphatic heterocycles. The monoisotopic (exact) mass is 216 g/mol. The molecular weight excluding hydrogens is 208 g/mol. The number of hydrogen-bond acceptors (Lipinski definition) is 4. The maximum Gasteiger partial charge on any atom is 0.257 e. The first-order valence-corrected chi connectivity index (χ1v) is 5.14. The molecule has 0 fully saturated rings. The molecule has 1 aromatic rings. The molecule has 0 bridgehead atoms. The van der Waals surface area contributed by atoms with Crippen LogP contribution >= 0.6 is 0 Å². The normalized spacial score (nSPS) is 10.9. The molecule has 0 aliphatic carbocycles. The third kappa shape index (κ3) is 2.73. The predicted octanol–water partition coefficient (Wildman–Crippen LogP) is -0.00170. The van der Waals surface area contributed by atoms with Gasteiger partial charge in [-0.25, -0.2) is 18.1 Å². The number of aromatic amines is 1. The van der Waals surface area contributed by atoms with Gasteiger partial charge in [0, 0.05) is 18.0 Å². The van der Waals surface area contributed by atoms with Gasteiger partial charge < -0.3 is 4.98 Å². The van der Waals surface area contributed by atoms with E-state index >= 15 is 0 Å². The van der Waals surface area contributed by atoms with Crippen molar-refractivity contribution in [2.45, 2.75) is 5.03 Å². The second-order valence-corrected chi connectivity index (χ2v) is 4.00. The van der Waals surface area contributed by atoms with Crippen molar-refractivity contribution in [2.24, 2.45) is 5.11 Å². The van der Waals surface area contributed by atoms with Gasteiger partial charge in [-0.1, -0.05) is 5.11 Å². The van der Waals surface area contributed by atoms with Crippen LogP contribution in [-0.2, 0) is 10.0 Å². The average Bonchev–Trinajstić information content (AvgIpc) is 2.65. The molecule has 0 saturated heterocycles. The maximum atomic E-state index is 11.3. The third-order valence-electron chi connectivity index (χ3n) is 1.33. The zero-order chi connectivity index (χ0) is 10.4. The summed E-state index contributed by atoms with van der Waals surface area (Å²) in [5.41, 5.74) is 7.94. The lowest BCUT2D eigenvalue weighted by Crippen LogP contribution is -2.26. The van der Waals surface area contributed by atoms with Crippen molar-refractivity contribution in [2.75, 3.05) is 13.1 Å². The molecule has 0 aliphatic rings. The topological polar surface area (TPSA) is 124 Å². The molecular formula is C5H8N6O2S. The van der Waals surface area contributed by atoms with Crippen LogP contribution in [0.25, 0.3) is 10.4 Å². The van der Waals surface area contributed by atoms with Crippen molar-refractivity contribution in [1.82, 2.24) is 14.7 Å². The molecule has 0 atom stereocenters. The van der Waals surface area contributed by atoms with E-state index in [0.29, 0.717) is 0 Å². The van der Waals surface area contributed by atoms with E-state index in [1.165, 1.54) is 12.5 Å². The van der Waals surface area contributed by atoms with Gasteiger partial charge >= 0.3 is 0 Å². The molecule has 0 saturated carbocycles. The van der Waals surface area contributed by atoms with E-state index in [4.69, 9.17) is 5.53 Å². The van der Waals surface area contributed by atoms with E-state index in [1.54, 1.807) is 0 Å². The average molecular weight is 216 g/mol. The Bertz CT molecular complexity index is 417. The molecule has 0 spiro atoms. The van der Waals surface area contributed by atoms with Gasteiger partial charge in [-0.15, -0.1) is 0 Å². The fraction of sp³-hybridized carbons (Fsp3) is 0.400. The van der Waals surface area contributed by atoms with Gasteiger partial charge in [0.2, 0.25) is 0 Å². The summed E-state index contributed by atoms with van der Waals surface area (Å²) >= 11 is 0. The summed E-state index contributed by atoms with van der Waals surface area (Å²) in [6.45, 7) is 0.134. The van der Waals surface area contributed by atoms with Crippen LogP contribution in [0.15, 0.2) is 22.7 Å². The summed E-state index contributed by atoms with van der Waals surface area (Å²) in [6, 6.07) is 0. The first-order chi connectivity index (χ1) is 6.67. The molecule has 9 heteroatoms. The highest BCUT2D eigenvalue weighted by Crippen LogP contribution is 2.00. The first-order valence-electron chi connectivity index (χ1n) is 3.66. The molecule has 0 unspecified atom stereocenters. The largest absolute Gasteiger partial charge is 0.335 e. The quantitative estimate of drug-likeness (QED) is 0.311. The van der Waals surface area contributed by atoms with Crippen molar-refractivity contribution >= 4 is 10.0 Å². The smallest absolute Gasteiger partial charge is 0.257 e. The molecule has 0 aromatic carbocycles. The molecule has 76 valence electrons. The summed E-state index contributed by atoms with van der Waals surface area (Å²) in [5, 5.41) is 3.17. The van der Waals surface area contributed by atoms with Crippen LogP contribution in [0.5, 0.6) is 0 Å².